The summed E-state index contributed by atoms with van der Waals surface area (Å²) in [4.78, 5) is 16.3. The van der Waals surface area contributed by atoms with Gasteiger partial charge in [-0.05, 0) is 38.7 Å². The minimum atomic E-state index is -0.867. The summed E-state index contributed by atoms with van der Waals surface area (Å²) < 4.78 is 1.71. The van der Waals surface area contributed by atoms with Crippen LogP contribution in [0.1, 0.15) is 16.8 Å². The molecule has 1 N–H and O–H groups in total. The van der Waals surface area contributed by atoms with Gasteiger partial charge in [0.25, 0.3) is 5.91 Å². The fourth-order valence-corrected chi connectivity index (χ4v) is 3.35. The average Bonchev–Trinajstić information content (AvgIpc) is 3.15. The number of nitrogens with zero attached hydrogens (tertiary/aromatic N) is 5. The van der Waals surface area contributed by atoms with Gasteiger partial charge in [-0.25, -0.2) is 0 Å². The first kappa shape index (κ1) is 16.9. The molecule has 2 aromatic rings. The van der Waals surface area contributed by atoms with E-state index in [1.54, 1.807) is 40.3 Å². The number of amides is 1. The number of likely N-dealkylation sites (tertiary alicyclic amines) is 1. The van der Waals surface area contributed by atoms with Crippen molar-refractivity contribution in [2.24, 2.45) is 0 Å². The van der Waals surface area contributed by atoms with Crippen LogP contribution in [0.15, 0.2) is 30.9 Å². The predicted octanol–water partition coefficient (Wildman–Crippen LogP) is 1.06. The van der Waals surface area contributed by atoms with Crippen LogP contribution in [0.2, 0.25) is 5.02 Å². The van der Waals surface area contributed by atoms with E-state index in [-0.39, 0.29) is 5.91 Å². The number of β-amino-alcohol motifs (C(OH)–C–C–N with tert-alkyl or cyclic N) is 1. The van der Waals surface area contributed by atoms with Gasteiger partial charge in [0.05, 0.1) is 22.7 Å². The van der Waals surface area contributed by atoms with Crippen LogP contribution in [-0.4, -0.2) is 74.9 Å². The van der Waals surface area contributed by atoms with Crippen molar-refractivity contribution in [3.05, 3.63) is 41.4 Å². The third-order valence-electron chi connectivity index (χ3n) is 4.13. The lowest BCUT2D eigenvalue weighted by Crippen LogP contribution is -2.43. The molecule has 3 rings (SSSR count). The summed E-state index contributed by atoms with van der Waals surface area (Å²) in [5.74, 6) is -0.162. The minimum Gasteiger partial charge on any atom is -0.387 e. The number of carbonyl (C=O) groups is 1. The number of hydrogen-bond acceptors (Lipinski definition) is 5. The number of halogens is 1. The number of aromatic nitrogens is 3. The molecule has 0 unspecified atom stereocenters. The van der Waals surface area contributed by atoms with Crippen LogP contribution in [0.4, 0.5) is 0 Å². The molecule has 1 aliphatic heterocycles. The first-order valence-electron chi connectivity index (χ1n) is 7.69. The zero-order valence-electron chi connectivity index (χ0n) is 13.7. The van der Waals surface area contributed by atoms with Crippen molar-refractivity contribution in [1.29, 1.82) is 0 Å². The molecule has 128 valence electrons. The molecule has 1 amide bonds. The predicted molar refractivity (Wildman–Crippen MR) is 90.4 cm³/mol. The van der Waals surface area contributed by atoms with Crippen molar-refractivity contribution in [3.8, 4) is 5.69 Å². The van der Waals surface area contributed by atoms with Crippen molar-refractivity contribution in [1.82, 2.24) is 24.6 Å². The number of aliphatic hydroxyl groups is 1. The summed E-state index contributed by atoms with van der Waals surface area (Å²) in [5, 5.41) is 18.5. The Bertz CT molecular complexity index is 734. The molecule has 1 aromatic heterocycles. The summed E-state index contributed by atoms with van der Waals surface area (Å²) >= 11 is 6.30. The first-order chi connectivity index (χ1) is 11.4. The van der Waals surface area contributed by atoms with Gasteiger partial charge >= 0.3 is 0 Å². The largest absolute Gasteiger partial charge is 0.387 e. The van der Waals surface area contributed by atoms with Crippen molar-refractivity contribution >= 4 is 17.5 Å². The van der Waals surface area contributed by atoms with Crippen LogP contribution < -0.4 is 0 Å². The van der Waals surface area contributed by atoms with Gasteiger partial charge in [0.2, 0.25) is 0 Å². The number of likely N-dealkylation sites (N-methyl/N-ethyl adjacent to an activating group) is 1. The molecule has 1 atom stereocenters. The van der Waals surface area contributed by atoms with Gasteiger partial charge in [-0.15, -0.1) is 10.2 Å². The van der Waals surface area contributed by atoms with Gasteiger partial charge < -0.3 is 14.9 Å². The maximum atomic E-state index is 12.7. The molecule has 0 radical (unpaired) electrons. The molecule has 7 nitrogen and oxygen atoms in total. The van der Waals surface area contributed by atoms with Crippen LogP contribution in [0, 0.1) is 0 Å². The van der Waals surface area contributed by atoms with Gasteiger partial charge in [-0.2, -0.15) is 0 Å². The Morgan fingerprint density at radius 2 is 2.08 bits per heavy atom. The van der Waals surface area contributed by atoms with Gasteiger partial charge in [0, 0.05) is 18.8 Å². The molecule has 0 saturated carbocycles. The molecule has 24 heavy (non-hydrogen) atoms. The highest BCUT2D eigenvalue weighted by atomic mass is 35.5. The SMILES string of the molecule is CN(C)C[C@]1(O)CCN(C(=O)c2ccc(-n3cnnc3)cc2Cl)C1. The molecule has 8 heteroatoms. The number of rotatable bonds is 4. The van der Waals surface area contributed by atoms with Gasteiger partial charge in [-0.1, -0.05) is 11.6 Å². The zero-order valence-corrected chi connectivity index (χ0v) is 14.4. The molecule has 0 aliphatic carbocycles. The Morgan fingerprint density at radius 1 is 1.38 bits per heavy atom. The fraction of sp³-hybridized carbons (Fsp3) is 0.438. The van der Waals surface area contributed by atoms with Crippen molar-refractivity contribution in [3.63, 3.8) is 0 Å². The standard InChI is InChI=1S/C16H20ClN5O2/c1-20(2)8-16(24)5-6-21(9-16)15(23)13-4-3-12(7-14(13)17)22-10-18-19-11-22/h3-4,7,10-11,24H,5-6,8-9H2,1-2H3/t16-/m1/s1. The summed E-state index contributed by atoms with van der Waals surface area (Å²) in [6.07, 6.45) is 3.69. The van der Waals surface area contributed by atoms with E-state index < -0.39 is 5.60 Å². The minimum absolute atomic E-state index is 0.162. The van der Waals surface area contributed by atoms with Crippen LogP contribution >= 0.6 is 11.6 Å². The molecule has 2 heterocycles. The number of benzene rings is 1. The summed E-state index contributed by atoms with van der Waals surface area (Å²) in [7, 11) is 3.81. The second kappa shape index (κ2) is 6.51. The van der Waals surface area contributed by atoms with Crippen LogP contribution in [0.3, 0.4) is 0 Å². The van der Waals surface area contributed by atoms with Gasteiger partial charge in [-0.3, -0.25) is 9.36 Å². The highest BCUT2D eigenvalue weighted by Gasteiger charge is 2.39. The lowest BCUT2D eigenvalue weighted by Gasteiger charge is -2.26. The van der Waals surface area contributed by atoms with Crippen molar-refractivity contribution in [2.45, 2.75) is 12.0 Å². The maximum Gasteiger partial charge on any atom is 0.255 e. The summed E-state index contributed by atoms with van der Waals surface area (Å²) in [6.45, 7) is 1.36. The molecular weight excluding hydrogens is 330 g/mol. The van der Waals surface area contributed by atoms with E-state index in [1.165, 1.54) is 0 Å². The molecule has 1 fully saturated rings. The van der Waals surface area contributed by atoms with Gasteiger partial charge in [0.1, 0.15) is 12.7 Å². The Morgan fingerprint density at radius 3 is 2.71 bits per heavy atom. The zero-order chi connectivity index (χ0) is 17.3. The van der Waals surface area contributed by atoms with Gasteiger partial charge in [0.15, 0.2) is 0 Å². The fourth-order valence-electron chi connectivity index (χ4n) is 3.09. The third kappa shape index (κ3) is 3.43. The second-order valence-corrected chi connectivity index (χ2v) is 6.88. The first-order valence-corrected chi connectivity index (χ1v) is 8.07. The monoisotopic (exact) mass is 349 g/mol. The number of carbonyl (C=O) groups excluding carboxylic acids is 1. The topological polar surface area (TPSA) is 74.5 Å². The van der Waals surface area contributed by atoms with Crippen LogP contribution in [0.25, 0.3) is 5.69 Å². The van der Waals surface area contributed by atoms with Crippen LogP contribution in [-0.2, 0) is 0 Å². The Hall–Kier alpha value is -1.96. The molecule has 0 bridgehead atoms. The smallest absolute Gasteiger partial charge is 0.255 e. The molecular formula is C16H20ClN5O2. The Balaban J connectivity index is 1.76. The molecule has 1 aliphatic rings. The van der Waals surface area contributed by atoms with Crippen molar-refractivity contribution < 1.29 is 9.90 Å². The summed E-state index contributed by atoms with van der Waals surface area (Å²) in [6, 6.07) is 5.20. The lowest BCUT2D eigenvalue weighted by atomic mass is 10.0. The van der Waals surface area contributed by atoms with E-state index >= 15 is 0 Å². The van der Waals surface area contributed by atoms with E-state index in [0.717, 1.165) is 5.69 Å². The van der Waals surface area contributed by atoms with E-state index in [9.17, 15) is 9.90 Å². The average molecular weight is 350 g/mol. The third-order valence-corrected chi connectivity index (χ3v) is 4.44. The number of hydrogen-bond donors (Lipinski definition) is 1. The van der Waals surface area contributed by atoms with Crippen molar-refractivity contribution in [2.75, 3.05) is 33.7 Å². The summed E-state index contributed by atoms with van der Waals surface area (Å²) in [5.41, 5.74) is 0.350. The van der Waals surface area contributed by atoms with E-state index in [2.05, 4.69) is 10.2 Å². The maximum absolute atomic E-state index is 12.7. The van der Waals surface area contributed by atoms with E-state index in [4.69, 9.17) is 11.6 Å². The normalized spacial score (nSPS) is 20.8. The molecule has 1 aromatic carbocycles. The lowest BCUT2D eigenvalue weighted by molar-refractivity contribution is 0.0236. The Kier molecular flexibility index (Phi) is 4.58. The second-order valence-electron chi connectivity index (χ2n) is 6.47. The quantitative estimate of drug-likeness (QED) is 0.893. The van der Waals surface area contributed by atoms with E-state index in [1.807, 2.05) is 19.0 Å². The highest BCUT2D eigenvalue weighted by Crippen LogP contribution is 2.27. The van der Waals surface area contributed by atoms with Crippen LogP contribution in [0.5, 0.6) is 0 Å². The highest BCUT2D eigenvalue weighted by molar-refractivity contribution is 6.34. The molecule has 1 saturated heterocycles. The van der Waals surface area contributed by atoms with E-state index in [0.29, 0.717) is 36.6 Å². The Labute approximate surface area is 145 Å². The molecule has 0 spiro atoms.